The summed E-state index contributed by atoms with van der Waals surface area (Å²) in [5, 5.41) is 15.2. The summed E-state index contributed by atoms with van der Waals surface area (Å²) in [6.45, 7) is 3.97. The van der Waals surface area contributed by atoms with E-state index in [4.69, 9.17) is 0 Å². The summed E-state index contributed by atoms with van der Waals surface area (Å²) < 4.78 is 2.93. The number of halogens is 1. The van der Waals surface area contributed by atoms with Gasteiger partial charge in [0.15, 0.2) is 0 Å². The maximum Gasteiger partial charge on any atom is 0.0738 e. The lowest BCUT2D eigenvalue weighted by molar-refractivity contribution is -0.0174. The molecule has 0 radical (unpaired) electrons. The van der Waals surface area contributed by atoms with Crippen LogP contribution in [0.5, 0.6) is 0 Å². The maximum absolute atomic E-state index is 10.8. The largest absolute Gasteiger partial charge is 0.389 e. The maximum atomic E-state index is 10.8. The van der Waals surface area contributed by atoms with E-state index in [0.717, 1.165) is 28.7 Å². The molecular weight excluding hydrogens is 292 g/mol. The molecule has 3 nitrogen and oxygen atoms in total. The standard InChI is InChI=1S/C14H23BrN2O/c1-10-13(15)12(17(3)16-10)9-14(2,18)11-7-5-4-6-8-11/h11,18H,4-9H2,1-3H3. The van der Waals surface area contributed by atoms with Gasteiger partial charge in [0.25, 0.3) is 0 Å². The zero-order valence-electron chi connectivity index (χ0n) is 11.5. The van der Waals surface area contributed by atoms with Crippen LogP contribution in [0.15, 0.2) is 4.47 Å². The average molecular weight is 315 g/mol. The van der Waals surface area contributed by atoms with Crippen molar-refractivity contribution in [2.24, 2.45) is 13.0 Å². The van der Waals surface area contributed by atoms with E-state index in [1.807, 2.05) is 25.6 Å². The summed E-state index contributed by atoms with van der Waals surface area (Å²) in [6, 6.07) is 0. The van der Waals surface area contributed by atoms with Crippen molar-refractivity contribution in [2.75, 3.05) is 0 Å². The number of rotatable bonds is 3. The van der Waals surface area contributed by atoms with Crippen molar-refractivity contribution in [3.63, 3.8) is 0 Å². The first-order valence-electron chi connectivity index (χ1n) is 6.82. The number of hydrogen-bond acceptors (Lipinski definition) is 2. The molecule has 4 heteroatoms. The topological polar surface area (TPSA) is 38.0 Å². The Bertz CT molecular complexity index is 420. The summed E-state index contributed by atoms with van der Waals surface area (Å²) in [4.78, 5) is 0. The molecule has 18 heavy (non-hydrogen) atoms. The monoisotopic (exact) mass is 314 g/mol. The number of aryl methyl sites for hydroxylation is 2. The van der Waals surface area contributed by atoms with E-state index < -0.39 is 5.60 Å². The third-order valence-corrected chi connectivity index (χ3v) is 5.30. The molecule has 1 unspecified atom stereocenters. The van der Waals surface area contributed by atoms with Gasteiger partial charge in [0, 0.05) is 13.5 Å². The van der Waals surface area contributed by atoms with E-state index >= 15 is 0 Å². The van der Waals surface area contributed by atoms with E-state index in [2.05, 4.69) is 21.0 Å². The van der Waals surface area contributed by atoms with Crippen molar-refractivity contribution in [3.05, 3.63) is 15.9 Å². The molecule has 0 spiro atoms. The number of aromatic nitrogens is 2. The minimum atomic E-state index is -0.622. The van der Waals surface area contributed by atoms with Crippen molar-refractivity contribution in [1.82, 2.24) is 9.78 Å². The molecule has 0 saturated heterocycles. The first-order chi connectivity index (χ1) is 8.42. The summed E-state index contributed by atoms with van der Waals surface area (Å²) in [5.74, 6) is 0.424. The van der Waals surface area contributed by atoms with Gasteiger partial charge < -0.3 is 5.11 Å². The van der Waals surface area contributed by atoms with E-state index in [1.165, 1.54) is 19.3 Å². The molecule has 0 amide bonds. The van der Waals surface area contributed by atoms with E-state index in [1.54, 1.807) is 0 Å². The van der Waals surface area contributed by atoms with E-state index in [9.17, 15) is 5.11 Å². The predicted molar refractivity (Wildman–Crippen MR) is 76.5 cm³/mol. The molecule has 1 N–H and O–H groups in total. The van der Waals surface area contributed by atoms with Crippen LogP contribution >= 0.6 is 15.9 Å². The predicted octanol–water partition coefficient (Wildman–Crippen LogP) is 3.36. The Morgan fingerprint density at radius 2 is 2.00 bits per heavy atom. The Labute approximate surface area is 118 Å². The quantitative estimate of drug-likeness (QED) is 0.929. The molecule has 1 aliphatic rings. The summed E-state index contributed by atoms with van der Waals surface area (Å²) >= 11 is 3.58. The van der Waals surface area contributed by atoms with Crippen LogP contribution in [0.4, 0.5) is 0 Å². The van der Waals surface area contributed by atoms with E-state index in [-0.39, 0.29) is 0 Å². The van der Waals surface area contributed by atoms with Crippen molar-refractivity contribution in [3.8, 4) is 0 Å². The Balaban J connectivity index is 2.15. The van der Waals surface area contributed by atoms with Crippen LogP contribution in [0.3, 0.4) is 0 Å². The van der Waals surface area contributed by atoms with Crippen LogP contribution in [0, 0.1) is 12.8 Å². The molecule has 0 aliphatic heterocycles. The zero-order valence-corrected chi connectivity index (χ0v) is 13.1. The van der Waals surface area contributed by atoms with Crippen molar-refractivity contribution < 1.29 is 5.11 Å². The Morgan fingerprint density at radius 3 is 2.50 bits per heavy atom. The normalized spacial score (nSPS) is 20.9. The third kappa shape index (κ3) is 2.80. The minimum absolute atomic E-state index is 0.424. The molecule has 1 aromatic heterocycles. The van der Waals surface area contributed by atoms with Gasteiger partial charge in [-0.25, -0.2) is 0 Å². The molecule has 102 valence electrons. The molecule has 1 aliphatic carbocycles. The molecule has 1 fully saturated rings. The van der Waals surface area contributed by atoms with Gasteiger partial charge in [0.1, 0.15) is 0 Å². The van der Waals surface area contributed by atoms with Crippen LogP contribution in [0.25, 0.3) is 0 Å². The molecule has 0 bridgehead atoms. The van der Waals surface area contributed by atoms with Gasteiger partial charge >= 0.3 is 0 Å². The second-order valence-corrected chi connectivity index (χ2v) is 6.63. The van der Waals surface area contributed by atoms with Crippen LogP contribution in [0.2, 0.25) is 0 Å². The highest BCUT2D eigenvalue weighted by Crippen LogP contribution is 2.36. The molecule has 0 aromatic carbocycles. The second-order valence-electron chi connectivity index (χ2n) is 5.84. The third-order valence-electron chi connectivity index (χ3n) is 4.27. The SMILES string of the molecule is Cc1nn(C)c(CC(C)(O)C2CCCCC2)c1Br. The average Bonchev–Trinajstić information content (AvgIpc) is 2.57. The fourth-order valence-corrected chi connectivity index (χ4v) is 3.56. The van der Waals surface area contributed by atoms with Gasteiger partial charge in [-0.3, -0.25) is 4.68 Å². The summed E-state index contributed by atoms with van der Waals surface area (Å²) in [6.07, 6.45) is 6.82. The van der Waals surface area contributed by atoms with Gasteiger partial charge in [-0.05, 0) is 48.5 Å². The van der Waals surface area contributed by atoms with Crippen LogP contribution in [-0.2, 0) is 13.5 Å². The first-order valence-corrected chi connectivity index (χ1v) is 7.61. The number of hydrogen-bond donors (Lipinski definition) is 1. The van der Waals surface area contributed by atoms with Gasteiger partial charge in [-0.2, -0.15) is 5.10 Å². The highest BCUT2D eigenvalue weighted by molar-refractivity contribution is 9.10. The van der Waals surface area contributed by atoms with Gasteiger partial charge in [-0.15, -0.1) is 0 Å². The summed E-state index contributed by atoms with van der Waals surface area (Å²) in [5.41, 5.74) is 1.47. The first kappa shape index (κ1) is 14.1. The van der Waals surface area contributed by atoms with E-state index in [0.29, 0.717) is 12.3 Å². The van der Waals surface area contributed by atoms with Crippen molar-refractivity contribution in [1.29, 1.82) is 0 Å². The summed E-state index contributed by atoms with van der Waals surface area (Å²) in [7, 11) is 1.95. The van der Waals surface area contributed by atoms with Crippen molar-refractivity contribution >= 4 is 15.9 Å². The lowest BCUT2D eigenvalue weighted by Crippen LogP contribution is -2.38. The molecule has 2 rings (SSSR count). The van der Waals surface area contributed by atoms with Crippen molar-refractivity contribution in [2.45, 2.75) is 58.0 Å². The molecule has 1 aromatic rings. The number of nitrogens with zero attached hydrogens (tertiary/aromatic N) is 2. The Kier molecular flexibility index (Phi) is 4.17. The fourth-order valence-electron chi connectivity index (χ4n) is 3.08. The lowest BCUT2D eigenvalue weighted by Gasteiger charge is -2.35. The smallest absolute Gasteiger partial charge is 0.0738 e. The molecule has 1 heterocycles. The Morgan fingerprint density at radius 1 is 1.39 bits per heavy atom. The zero-order chi connectivity index (χ0) is 13.3. The minimum Gasteiger partial charge on any atom is -0.389 e. The number of aliphatic hydroxyl groups is 1. The van der Waals surface area contributed by atoms with Gasteiger partial charge in [-0.1, -0.05) is 19.3 Å². The fraction of sp³-hybridized carbons (Fsp3) is 0.786. The van der Waals surface area contributed by atoms with Crippen LogP contribution < -0.4 is 0 Å². The molecule has 1 saturated carbocycles. The second kappa shape index (κ2) is 5.33. The molecular formula is C14H23BrN2O. The highest BCUT2D eigenvalue weighted by Gasteiger charge is 2.34. The van der Waals surface area contributed by atoms with Gasteiger partial charge in [0.05, 0.1) is 21.5 Å². The Hall–Kier alpha value is -0.350. The van der Waals surface area contributed by atoms with Gasteiger partial charge in [0.2, 0.25) is 0 Å². The van der Waals surface area contributed by atoms with Crippen LogP contribution in [-0.4, -0.2) is 20.5 Å². The molecule has 1 atom stereocenters. The lowest BCUT2D eigenvalue weighted by atomic mass is 9.76. The van der Waals surface area contributed by atoms with Crippen LogP contribution in [0.1, 0.15) is 50.4 Å². The highest BCUT2D eigenvalue weighted by atomic mass is 79.9.